The maximum absolute atomic E-state index is 14.4. The van der Waals surface area contributed by atoms with Gasteiger partial charge in [0.05, 0.1) is 18.3 Å². The van der Waals surface area contributed by atoms with Crippen molar-refractivity contribution >= 4 is 34.4 Å². The first-order chi connectivity index (χ1) is 23.5. The first-order valence-electron chi connectivity index (χ1n) is 14.6. The molecular weight excluding hydrogens is 650 g/mol. The molecule has 0 saturated carbocycles. The largest absolute Gasteiger partial charge is 0.486 e. The number of amides is 3. The van der Waals surface area contributed by atoms with E-state index in [4.69, 9.17) is 10.5 Å². The smallest absolute Gasteiger partial charge is 0.274 e. The molecule has 252 valence electrons. The minimum atomic E-state index is -1.21. The molecule has 16 heteroatoms. The van der Waals surface area contributed by atoms with Crippen molar-refractivity contribution in [2.45, 2.75) is 32.0 Å². The second kappa shape index (κ2) is 15.1. The van der Waals surface area contributed by atoms with E-state index in [1.807, 2.05) is 0 Å². The van der Waals surface area contributed by atoms with E-state index >= 15 is 0 Å². The number of benzene rings is 2. The van der Waals surface area contributed by atoms with Crippen LogP contribution in [0.3, 0.4) is 0 Å². The van der Waals surface area contributed by atoms with Crippen molar-refractivity contribution in [2.24, 2.45) is 5.73 Å². The van der Waals surface area contributed by atoms with Gasteiger partial charge < -0.3 is 30.7 Å². The average Bonchev–Trinajstić information content (AvgIpc) is 3.46. The van der Waals surface area contributed by atoms with Crippen LogP contribution in [0.2, 0.25) is 0 Å². The van der Waals surface area contributed by atoms with Crippen molar-refractivity contribution < 1.29 is 36.7 Å². The van der Waals surface area contributed by atoms with Crippen LogP contribution in [0.15, 0.2) is 83.9 Å². The molecule has 49 heavy (non-hydrogen) atoms. The highest BCUT2D eigenvalue weighted by Gasteiger charge is 2.23. The maximum atomic E-state index is 14.4. The van der Waals surface area contributed by atoms with Crippen LogP contribution in [0.4, 0.5) is 23.2 Å². The molecule has 0 saturated heterocycles. The van der Waals surface area contributed by atoms with E-state index in [1.165, 1.54) is 35.0 Å². The summed E-state index contributed by atoms with van der Waals surface area (Å²) in [5.74, 6) is -4.98. The number of ether oxygens (including phenoxy) is 1. The number of anilines is 1. The third kappa shape index (κ3) is 8.73. The molecule has 3 heterocycles. The van der Waals surface area contributed by atoms with Crippen molar-refractivity contribution in [3.8, 4) is 5.75 Å². The molecule has 2 aromatic carbocycles. The van der Waals surface area contributed by atoms with E-state index in [0.717, 1.165) is 42.6 Å². The number of imidazole rings is 1. The topological polar surface area (TPSA) is 174 Å². The minimum absolute atomic E-state index is 0.000404. The Morgan fingerprint density at radius 1 is 1.02 bits per heavy atom. The Kier molecular flexibility index (Phi) is 10.5. The van der Waals surface area contributed by atoms with Crippen molar-refractivity contribution in [1.82, 2.24) is 24.8 Å². The highest BCUT2D eigenvalue weighted by Crippen LogP contribution is 2.27. The molecule has 3 aromatic heterocycles. The summed E-state index contributed by atoms with van der Waals surface area (Å²) in [6.45, 7) is -0.483. The molecule has 0 aliphatic rings. The summed E-state index contributed by atoms with van der Waals surface area (Å²) in [7, 11) is 0. The van der Waals surface area contributed by atoms with Crippen LogP contribution < -0.4 is 26.7 Å². The summed E-state index contributed by atoms with van der Waals surface area (Å²) in [5, 5.41) is 4.99. The minimum Gasteiger partial charge on any atom is -0.486 e. The molecule has 0 unspecified atom stereocenters. The summed E-state index contributed by atoms with van der Waals surface area (Å²) in [4.78, 5) is 61.4. The van der Waals surface area contributed by atoms with E-state index in [9.17, 15) is 36.7 Å². The zero-order chi connectivity index (χ0) is 35.1. The molecule has 5 aromatic rings. The highest BCUT2D eigenvalue weighted by atomic mass is 19.1. The second-order valence-corrected chi connectivity index (χ2v) is 10.6. The lowest BCUT2D eigenvalue weighted by atomic mass is 10.1. The fourth-order valence-electron chi connectivity index (χ4n) is 4.69. The molecule has 1 atom stereocenters. The van der Waals surface area contributed by atoms with Gasteiger partial charge in [0.15, 0.2) is 0 Å². The van der Waals surface area contributed by atoms with Crippen LogP contribution in [0.25, 0.3) is 11.0 Å². The van der Waals surface area contributed by atoms with E-state index in [-0.39, 0.29) is 65.5 Å². The van der Waals surface area contributed by atoms with Gasteiger partial charge in [0.1, 0.15) is 64.4 Å². The van der Waals surface area contributed by atoms with Gasteiger partial charge in [-0.2, -0.15) is 0 Å². The van der Waals surface area contributed by atoms with Gasteiger partial charge in [0.25, 0.3) is 11.5 Å². The number of pyridine rings is 2. The van der Waals surface area contributed by atoms with Gasteiger partial charge in [-0.1, -0.05) is 6.08 Å². The van der Waals surface area contributed by atoms with Gasteiger partial charge in [-0.15, -0.1) is 0 Å². The fourth-order valence-corrected chi connectivity index (χ4v) is 4.69. The van der Waals surface area contributed by atoms with Gasteiger partial charge in [-0.25, -0.2) is 27.5 Å². The number of aromatic nitrogens is 4. The number of allylic oxidation sites excluding steroid dienone is 1. The Bertz CT molecular complexity index is 2120. The van der Waals surface area contributed by atoms with Gasteiger partial charge in [0, 0.05) is 30.0 Å². The predicted octanol–water partition coefficient (Wildman–Crippen LogP) is 3.86. The molecule has 0 aliphatic carbocycles. The number of H-pyrrole nitrogens is 1. The third-order valence-corrected chi connectivity index (χ3v) is 7.05. The first-order valence-corrected chi connectivity index (χ1v) is 14.6. The van der Waals surface area contributed by atoms with E-state index in [0.29, 0.717) is 6.07 Å². The lowest BCUT2D eigenvalue weighted by Crippen LogP contribution is -2.44. The maximum Gasteiger partial charge on any atom is 0.274 e. The number of aromatic amines is 1. The molecule has 12 nitrogen and oxygen atoms in total. The van der Waals surface area contributed by atoms with Crippen LogP contribution in [0.1, 0.15) is 34.7 Å². The number of hydrogen-bond donors (Lipinski definition) is 4. The van der Waals surface area contributed by atoms with E-state index in [1.54, 1.807) is 0 Å². The number of halogens is 4. The van der Waals surface area contributed by atoms with Crippen molar-refractivity contribution in [3.05, 3.63) is 130 Å². The zero-order valence-electron chi connectivity index (χ0n) is 25.4. The summed E-state index contributed by atoms with van der Waals surface area (Å²) >= 11 is 0. The van der Waals surface area contributed by atoms with Crippen LogP contribution in [0.5, 0.6) is 5.75 Å². The lowest BCUT2D eigenvalue weighted by Gasteiger charge is -2.18. The second-order valence-electron chi connectivity index (χ2n) is 10.6. The van der Waals surface area contributed by atoms with Crippen molar-refractivity contribution in [1.29, 1.82) is 0 Å². The number of carbonyl (C=O) groups excluding carboxylic acids is 3. The van der Waals surface area contributed by atoms with Crippen LogP contribution in [0, 0.1) is 23.3 Å². The van der Waals surface area contributed by atoms with Crippen molar-refractivity contribution in [3.63, 3.8) is 0 Å². The Morgan fingerprint density at radius 3 is 2.55 bits per heavy atom. The Balaban J connectivity index is 1.33. The highest BCUT2D eigenvalue weighted by molar-refractivity contribution is 6.00. The van der Waals surface area contributed by atoms with Gasteiger partial charge in [-0.3, -0.25) is 19.2 Å². The van der Waals surface area contributed by atoms with E-state index in [2.05, 4.69) is 25.6 Å². The number of fused-ring (bicyclic) bond motifs is 1. The lowest BCUT2D eigenvalue weighted by molar-refractivity contribution is -0.118. The monoisotopic (exact) mass is 677 g/mol. The average molecular weight is 678 g/mol. The molecule has 5 N–H and O–H groups in total. The van der Waals surface area contributed by atoms with Gasteiger partial charge in [-0.05, 0) is 55.3 Å². The van der Waals surface area contributed by atoms with Crippen LogP contribution >= 0.6 is 0 Å². The normalized spacial score (nSPS) is 11.8. The number of primary amides is 1. The number of carbonyl (C=O) groups is 3. The summed E-state index contributed by atoms with van der Waals surface area (Å²) in [5.41, 5.74) is 4.61. The molecule has 0 radical (unpaired) electrons. The molecular formula is C33H27F4N7O5. The number of nitrogens with two attached hydrogens (primary N) is 1. The number of rotatable bonds is 13. The summed E-state index contributed by atoms with van der Waals surface area (Å²) < 4.78 is 61.9. The van der Waals surface area contributed by atoms with Crippen LogP contribution in [-0.4, -0.2) is 43.3 Å². The number of nitrogens with one attached hydrogen (secondary N) is 3. The third-order valence-electron chi connectivity index (χ3n) is 7.05. The van der Waals surface area contributed by atoms with Crippen LogP contribution in [-0.2, 0) is 22.7 Å². The first kappa shape index (κ1) is 34.0. The molecule has 5 rings (SSSR count). The Morgan fingerprint density at radius 2 is 1.82 bits per heavy atom. The molecule has 0 fully saturated rings. The number of nitrogens with zero attached hydrogens (tertiary/aromatic N) is 3. The Hall–Kier alpha value is -6.32. The van der Waals surface area contributed by atoms with Gasteiger partial charge >= 0.3 is 0 Å². The molecule has 0 aliphatic heterocycles. The molecule has 0 bridgehead atoms. The number of hydrogen-bond acceptors (Lipinski definition) is 7. The molecule has 0 spiro atoms. The predicted molar refractivity (Wildman–Crippen MR) is 168 cm³/mol. The summed E-state index contributed by atoms with van der Waals surface area (Å²) in [6.07, 6.45) is 4.92. The van der Waals surface area contributed by atoms with E-state index < -0.39 is 52.6 Å². The van der Waals surface area contributed by atoms with Crippen molar-refractivity contribution in [2.75, 3.05) is 5.32 Å². The Labute approximate surface area is 274 Å². The molecule has 3 amide bonds. The quantitative estimate of drug-likeness (QED) is 0.108. The fraction of sp³-hybridized carbons (Fsp3) is 0.152. The van der Waals surface area contributed by atoms with Gasteiger partial charge in [0.2, 0.25) is 11.8 Å². The SMILES string of the molecule is NC(=O)/C=C/CC[C@H](NC(=O)c1ccc(F)cn1)C(=O)Nc1cccn(Cc2nc3cc(F)cc(OCc4ccc(F)cc4F)c3[nH]2)c1=O. The zero-order valence-corrected chi connectivity index (χ0v) is 25.4. The summed E-state index contributed by atoms with van der Waals surface area (Å²) in [6, 6.07) is 8.96. The standard InChI is InChI=1S/C33H27F4N7O5/c34-19-8-7-18(22(37)12-19)17-49-27-14-21(36)13-26-30(27)43-29(40-26)16-44-11-3-5-25(33(44)48)42-32(47)24(4-1-2-6-28(38)45)41-31(46)23-10-9-20(35)15-39-23/h2-3,5-15,24H,1,4,16-17H2,(H2,38,45)(H,40,43)(H,41,46)(H,42,47)/b6-2+/t24-/m0/s1.